The lowest BCUT2D eigenvalue weighted by atomic mass is 10.0. The van der Waals surface area contributed by atoms with Crippen LogP contribution in [-0.2, 0) is 4.84 Å². The molecule has 0 saturated heterocycles. The van der Waals surface area contributed by atoms with E-state index in [4.69, 9.17) is 11.6 Å². The minimum absolute atomic E-state index is 0.201. The van der Waals surface area contributed by atoms with Crippen LogP contribution >= 0.6 is 11.6 Å². The van der Waals surface area contributed by atoms with Crippen molar-refractivity contribution in [2.45, 2.75) is 19.8 Å². The van der Waals surface area contributed by atoms with Crippen LogP contribution in [0.15, 0.2) is 12.1 Å². The Hall–Kier alpha value is -1.13. The van der Waals surface area contributed by atoms with Gasteiger partial charge < -0.3 is 0 Å². The number of amides is 1. The van der Waals surface area contributed by atoms with Gasteiger partial charge in [0.1, 0.15) is 10.8 Å². The van der Waals surface area contributed by atoms with Gasteiger partial charge >= 0.3 is 0 Å². The fourth-order valence-corrected chi connectivity index (χ4v) is 1.38. The van der Waals surface area contributed by atoms with Crippen molar-refractivity contribution in [2.24, 2.45) is 0 Å². The molecule has 0 saturated carbocycles. The summed E-state index contributed by atoms with van der Waals surface area (Å²) in [4.78, 5) is 20.1. The van der Waals surface area contributed by atoms with Crippen molar-refractivity contribution in [3.05, 3.63) is 28.5 Å². The van der Waals surface area contributed by atoms with E-state index in [1.807, 2.05) is 13.8 Å². The Labute approximate surface area is 93.6 Å². The molecule has 1 rings (SSSR count). The molecule has 1 aromatic rings. The molecule has 4 nitrogen and oxygen atoms in total. The maximum Gasteiger partial charge on any atom is 0.293 e. The third kappa shape index (κ3) is 2.91. The molecule has 1 aromatic heterocycles. The number of hydrogen-bond donors (Lipinski definition) is 1. The van der Waals surface area contributed by atoms with Crippen molar-refractivity contribution in [3.8, 4) is 0 Å². The third-order valence-corrected chi connectivity index (χ3v) is 2.13. The van der Waals surface area contributed by atoms with Crippen molar-refractivity contribution in [2.75, 3.05) is 7.11 Å². The van der Waals surface area contributed by atoms with Gasteiger partial charge in [-0.05, 0) is 17.5 Å². The topological polar surface area (TPSA) is 51.2 Å². The molecule has 0 unspecified atom stereocenters. The molecule has 1 N–H and O–H groups in total. The molecule has 1 amide bonds. The predicted octanol–water partition coefficient (Wildman–Crippen LogP) is 2.15. The number of halogens is 1. The summed E-state index contributed by atoms with van der Waals surface area (Å²) in [5.74, 6) is -0.184. The summed E-state index contributed by atoms with van der Waals surface area (Å²) < 4.78 is 0. The van der Waals surface area contributed by atoms with Gasteiger partial charge in [0.25, 0.3) is 5.91 Å². The minimum Gasteiger partial charge on any atom is -0.277 e. The van der Waals surface area contributed by atoms with Crippen LogP contribution in [0.2, 0.25) is 5.15 Å². The molecule has 1 heterocycles. The largest absolute Gasteiger partial charge is 0.293 e. The number of carbonyl (C=O) groups excluding carboxylic acids is 1. The van der Waals surface area contributed by atoms with Crippen LogP contribution in [0, 0.1) is 0 Å². The number of aromatic nitrogens is 1. The highest BCUT2D eigenvalue weighted by atomic mass is 35.5. The van der Waals surface area contributed by atoms with Crippen LogP contribution in [0.5, 0.6) is 0 Å². The fraction of sp³-hybridized carbons (Fsp3) is 0.400. The minimum atomic E-state index is -0.385. The zero-order valence-electron chi connectivity index (χ0n) is 8.87. The molecule has 0 bridgehead atoms. The van der Waals surface area contributed by atoms with Crippen molar-refractivity contribution in [1.82, 2.24) is 10.5 Å². The van der Waals surface area contributed by atoms with E-state index in [2.05, 4.69) is 15.3 Å². The first-order valence-electron chi connectivity index (χ1n) is 4.56. The summed E-state index contributed by atoms with van der Waals surface area (Å²) in [6.45, 7) is 3.96. The normalized spacial score (nSPS) is 10.5. The molecule has 0 radical (unpaired) electrons. The van der Waals surface area contributed by atoms with Crippen molar-refractivity contribution in [3.63, 3.8) is 0 Å². The number of hydroxylamine groups is 1. The van der Waals surface area contributed by atoms with Crippen LogP contribution in [-0.4, -0.2) is 18.0 Å². The van der Waals surface area contributed by atoms with Gasteiger partial charge in [-0.3, -0.25) is 9.63 Å². The quantitative estimate of drug-likeness (QED) is 0.637. The number of hydrogen-bond acceptors (Lipinski definition) is 3. The van der Waals surface area contributed by atoms with Crippen molar-refractivity contribution >= 4 is 17.5 Å². The fourth-order valence-electron chi connectivity index (χ4n) is 1.23. The zero-order chi connectivity index (χ0) is 11.4. The lowest BCUT2D eigenvalue weighted by Crippen LogP contribution is -2.24. The first-order chi connectivity index (χ1) is 7.06. The van der Waals surface area contributed by atoms with E-state index in [9.17, 15) is 4.79 Å². The van der Waals surface area contributed by atoms with Gasteiger partial charge in [-0.2, -0.15) is 0 Å². The van der Waals surface area contributed by atoms with Gasteiger partial charge in [-0.25, -0.2) is 10.5 Å². The summed E-state index contributed by atoms with van der Waals surface area (Å²) in [6.07, 6.45) is 0. The number of nitrogens with one attached hydrogen (secondary N) is 1. The molecule has 82 valence electrons. The Kier molecular flexibility index (Phi) is 4.05. The second kappa shape index (κ2) is 5.09. The maximum atomic E-state index is 11.6. The van der Waals surface area contributed by atoms with E-state index in [1.54, 1.807) is 12.1 Å². The van der Waals surface area contributed by atoms with E-state index in [1.165, 1.54) is 7.11 Å². The second-order valence-corrected chi connectivity index (χ2v) is 3.75. The number of rotatable bonds is 3. The van der Waals surface area contributed by atoms with Gasteiger partial charge in [0.15, 0.2) is 0 Å². The molecule has 5 heteroatoms. The molecule has 0 spiro atoms. The van der Waals surface area contributed by atoms with Gasteiger partial charge in [0.05, 0.1) is 7.11 Å². The smallest absolute Gasteiger partial charge is 0.277 e. The standard InChI is InChI=1S/C10H13ClN2O2/c1-6(2)7-4-5-8(11)12-9(7)10(14)13-15-3/h4-6H,1-3H3,(H,13,14). The van der Waals surface area contributed by atoms with Gasteiger partial charge in [-0.1, -0.05) is 31.5 Å². The number of carbonyl (C=O) groups is 1. The number of pyridine rings is 1. The molecule has 15 heavy (non-hydrogen) atoms. The molecule has 0 fully saturated rings. The van der Waals surface area contributed by atoms with E-state index in [0.717, 1.165) is 5.56 Å². The van der Waals surface area contributed by atoms with Crippen LogP contribution in [0.3, 0.4) is 0 Å². The Morgan fingerprint density at radius 2 is 2.20 bits per heavy atom. The maximum absolute atomic E-state index is 11.6. The van der Waals surface area contributed by atoms with E-state index >= 15 is 0 Å². The zero-order valence-corrected chi connectivity index (χ0v) is 9.63. The average molecular weight is 229 g/mol. The van der Waals surface area contributed by atoms with E-state index in [0.29, 0.717) is 10.8 Å². The molecule has 0 aliphatic rings. The van der Waals surface area contributed by atoms with Gasteiger partial charge in [0.2, 0.25) is 0 Å². The summed E-state index contributed by atoms with van der Waals surface area (Å²) in [5, 5.41) is 0.292. The Morgan fingerprint density at radius 1 is 1.53 bits per heavy atom. The Balaban J connectivity index is 3.12. The van der Waals surface area contributed by atoms with E-state index in [-0.39, 0.29) is 11.8 Å². The van der Waals surface area contributed by atoms with Gasteiger partial charge in [-0.15, -0.1) is 0 Å². The molecule has 0 aromatic carbocycles. The SMILES string of the molecule is CONC(=O)c1nc(Cl)ccc1C(C)C. The second-order valence-electron chi connectivity index (χ2n) is 3.36. The predicted molar refractivity (Wildman–Crippen MR) is 57.8 cm³/mol. The van der Waals surface area contributed by atoms with Crippen LogP contribution in [0.1, 0.15) is 35.8 Å². The number of nitrogens with zero attached hydrogens (tertiary/aromatic N) is 1. The van der Waals surface area contributed by atoms with E-state index < -0.39 is 0 Å². The summed E-state index contributed by atoms with van der Waals surface area (Å²) in [6, 6.07) is 3.46. The summed E-state index contributed by atoms with van der Waals surface area (Å²) in [5.41, 5.74) is 3.37. The van der Waals surface area contributed by atoms with Crippen LogP contribution in [0.25, 0.3) is 0 Å². The molecular weight excluding hydrogens is 216 g/mol. The highest BCUT2D eigenvalue weighted by Crippen LogP contribution is 2.20. The van der Waals surface area contributed by atoms with Crippen LogP contribution < -0.4 is 5.48 Å². The van der Waals surface area contributed by atoms with Crippen molar-refractivity contribution < 1.29 is 9.63 Å². The monoisotopic (exact) mass is 228 g/mol. The average Bonchev–Trinajstić information content (AvgIpc) is 2.17. The third-order valence-electron chi connectivity index (χ3n) is 1.92. The highest BCUT2D eigenvalue weighted by molar-refractivity contribution is 6.29. The van der Waals surface area contributed by atoms with Gasteiger partial charge in [0, 0.05) is 0 Å². The lowest BCUT2D eigenvalue weighted by Gasteiger charge is -2.10. The molecular formula is C10H13ClN2O2. The Morgan fingerprint density at radius 3 is 2.73 bits per heavy atom. The first kappa shape index (κ1) is 11.9. The molecule has 0 aliphatic heterocycles. The summed E-state index contributed by atoms with van der Waals surface area (Å²) in [7, 11) is 1.37. The Bertz CT molecular complexity index is 366. The molecule has 0 aliphatic carbocycles. The lowest BCUT2D eigenvalue weighted by molar-refractivity contribution is 0.0531. The van der Waals surface area contributed by atoms with Crippen LogP contribution in [0.4, 0.5) is 0 Å². The van der Waals surface area contributed by atoms with Crippen molar-refractivity contribution in [1.29, 1.82) is 0 Å². The summed E-state index contributed by atoms with van der Waals surface area (Å²) >= 11 is 5.73. The first-order valence-corrected chi connectivity index (χ1v) is 4.93. The molecule has 0 atom stereocenters. The highest BCUT2D eigenvalue weighted by Gasteiger charge is 2.15.